The number of nitrogens with zero attached hydrogens (tertiary/aromatic N) is 1. The van der Waals surface area contributed by atoms with E-state index in [1.54, 1.807) is 0 Å². The summed E-state index contributed by atoms with van der Waals surface area (Å²) in [6.07, 6.45) is 9.41. The molecule has 4 aliphatic carbocycles. The van der Waals surface area contributed by atoms with Gasteiger partial charge in [-0.25, -0.2) is 0 Å². The molecule has 1 heteroatoms. The number of hydrogen-bond acceptors (Lipinski definition) is 1. The van der Waals surface area contributed by atoms with Crippen LogP contribution >= 0.6 is 0 Å². The second-order valence-corrected chi connectivity index (χ2v) is 18.2. The standard InChI is InChI=1S/C53H47N/c1-50(2)32-53(46-22-10-9-21-44(46)50)33-51(3,4)45-27-24-35(30-48(45)53)34-14-13-17-38(29-34)54-39-25-26-42-41-19-6-8-20-43(41)52(5,47(42)31-39)37-16-12-15-36(28-37)40-18-7-11-23-49(40)54/h6-11,13-14,16-31H,12,15,32-33H2,1-5H3. The maximum absolute atomic E-state index is 2.57. The van der Waals surface area contributed by atoms with Gasteiger partial charge in [0.15, 0.2) is 0 Å². The Morgan fingerprint density at radius 3 is 1.94 bits per heavy atom. The van der Waals surface area contributed by atoms with Crippen LogP contribution in [0.4, 0.5) is 17.1 Å². The van der Waals surface area contributed by atoms with E-state index in [9.17, 15) is 0 Å². The van der Waals surface area contributed by atoms with Crippen molar-refractivity contribution in [1.29, 1.82) is 0 Å². The molecule has 0 fully saturated rings. The minimum Gasteiger partial charge on any atom is -0.310 e. The predicted octanol–water partition coefficient (Wildman–Crippen LogP) is 13.9. The maximum atomic E-state index is 2.57. The van der Waals surface area contributed by atoms with Crippen LogP contribution in [-0.2, 0) is 21.7 Å². The summed E-state index contributed by atoms with van der Waals surface area (Å²) in [6, 6.07) is 51.4. The molecule has 2 atom stereocenters. The Bertz CT molecular complexity index is 2640. The molecule has 264 valence electrons. The van der Waals surface area contributed by atoms with Crippen LogP contribution in [0, 0.1) is 0 Å². The molecule has 1 heterocycles. The van der Waals surface area contributed by atoms with Gasteiger partial charge >= 0.3 is 0 Å². The largest absolute Gasteiger partial charge is 0.310 e. The third-order valence-corrected chi connectivity index (χ3v) is 14.1. The van der Waals surface area contributed by atoms with Crippen LogP contribution in [-0.4, -0.2) is 0 Å². The Labute approximate surface area is 320 Å². The van der Waals surface area contributed by atoms with Crippen LogP contribution < -0.4 is 4.90 Å². The Morgan fingerprint density at radius 1 is 0.481 bits per heavy atom. The summed E-state index contributed by atoms with van der Waals surface area (Å²) in [4.78, 5) is 2.53. The van der Waals surface area contributed by atoms with Gasteiger partial charge < -0.3 is 4.90 Å². The van der Waals surface area contributed by atoms with Crippen LogP contribution in [0.3, 0.4) is 0 Å². The number of anilines is 3. The van der Waals surface area contributed by atoms with Crippen LogP contribution in [0.15, 0.2) is 151 Å². The molecule has 0 amide bonds. The van der Waals surface area contributed by atoms with Crippen molar-refractivity contribution in [3.05, 3.63) is 190 Å². The smallest absolute Gasteiger partial charge is 0.0536 e. The molecule has 1 spiro atoms. The van der Waals surface area contributed by atoms with Crippen molar-refractivity contribution in [2.24, 2.45) is 0 Å². The van der Waals surface area contributed by atoms with E-state index in [0.29, 0.717) is 0 Å². The topological polar surface area (TPSA) is 3.24 Å². The van der Waals surface area contributed by atoms with Crippen molar-refractivity contribution < 1.29 is 0 Å². The summed E-state index contributed by atoms with van der Waals surface area (Å²) in [7, 11) is 0. The fraction of sp³-hybridized carbons (Fsp3) is 0.245. The van der Waals surface area contributed by atoms with Crippen LogP contribution in [0.1, 0.15) is 99.2 Å². The third kappa shape index (κ3) is 4.22. The van der Waals surface area contributed by atoms with Gasteiger partial charge in [0.25, 0.3) is 0 Å². The first kappa shape index (κ1) is 32.1. The third-order valence-electron chi connectivity index (χ3n) is 14.1. The van der Waals surface area contributed by atoms with Crippen LogP contribution in [0.25, 0.3) is 27.8 Å². The highest BCUT2D eigenvalue weighted by Crippen LogP contribution is 2.63. The molecule has 11 rings (SSSR count). The van der Waals surface area contributed by atoms with Crippen molar-refractivity contribution >= 4 is 22.6 Å². The van der Waals surface area contributed by atoms with Gasteiger partial charge in [-0.1, -0.05) is 137 Å². The van der Waals surface area contributed by atoms with Gasteiger partial charge in [0, 0.05) is 27.8 Å². The lowest BCUT2D eigenvalue weighted by atomic mass is 9.70. The number of allylic oxidation sites excluding steroid dienone is 4. The summed E-state index contributed by atoms with van der Waals surface area (Å²) in [5.74, 6) is 0. The first-order valence-electron chi connectivity index (χ1n) is 20.0. The molecule has 4 bridgehead atoms. The van der Waals surface area contributed by atoms with E-state index in [2.05, 4.69) is 185 Å². The Balaban J connectivity index is 1.10. The van der Waals surface area contributed by atoms with Gasteiger partial charge in [-0.2, -0.15) is 0 Å². The van der Waals surface area contributed by atoms with Crippen LogP contribution in [0.5, 0.6) is 0 Å². The Morgan fingerprint density at radius 2 is 1.13 bits per heavy atom. The zero-order chi connectivity index (χ0) is 36.6. The van der Waals surface area contributed by atoms with Crippen molar-refractivity contribution in [3.8, 4) is 22.3 Å². The molecule has 0 aromatic heterocycles. The average Bonchev–Trinajstić information content (AvgIpc) is 3.69. The highest BCUT2D eigenvalue weighted by atomic mass is 15.1. The van der Waals surface area contributed by atoms with Crippen molar-refractivity contribution in [1.82, 2.24) is 0 Å². The second kappa shape index (κ2) is 10.9. The highest BCUT2D eigenvalue weighted by Gasteiger charge is 2.56. The number of hydrogen-bond donors (Lipinski definition) is 0. The van der Waals surface area contributed by atoms with E-state index in [1.807, 2.05) is 0 Å². The molecular weight excluding hydrogens is 651 g/mol. The molecule has 5 aliphatic rings. The number of para-hydroxylation sites is 1. The zero-order valence-corrected chi connectivity index (χ0v) is 32.1. The van der Waals surface area contributed by atoms with E-state index in [-0.39, 0.29) is 21.7 Å². The molecule has 54 heavy (non-hydrogen) atoms. The molecule has 6 aromatic rings. The maximum Gasteiger partial charge on any atom is 0.0536 e. The van der Waals surface area contributed by atoms with Crippen molar-refractivity contribution in [2.75, 3.05) is 4.90 Å². The van der Waals surface area contributed by atoms with Gasteiger partial charge in [-0.3, -0.25) is 0 Å². The Kier molecular flexibility index (Phi) is 6.44. The predicted molar refractivity (Wildman–Crippen MR) is 226 cm³/mol. The molecule has 1 aliphatic heterocycles. The van der Waals surface area contributed by atoms with Gasteiger partial charge in [0.1, 0.15) is 0 Å². The van der Waals surface area contributed by atoms with E-state index in [4.69, 9.17) is 0 Å². The van der Waals surface area contributed by atoms with E-state index < -0.39 is 0 Å². The fourth-order valence-corrected chi connectivity index (χ4v) is 11.9. The summed E-state index contributed by atoms with van der Waals surface area (Å²) >= 11 is 0. The normalized spacial score (nSPS) is 23.2. The molecule has 0 radical (unpaired) electrons. The molecular formula is C53H47N. The molecule has 6 aromatic carbocycles. The quantitative estimate of drug-likeness (QED) is 0.174. The average molecular weight is 698 g/mol. The van der Waals surface area contributed by atoms with Gasteiger partial charge in [0.2, 0.25) is 0 Å². The van der Waals surface area contributed by atoms with Crippen molar-refractivity contribution in [2.45, 2.75) is 82.0 Å². The summed E-state index contributed by atoms with van der Waals surface area (Å²) in [5, 5.41) is 0. The number of benzene rings is 6. The lowest BCUT2D eigenvalue weighted by Gasteiger charge is -2.36. The summed E-state index contributed by atoms with van der Waals surface area (Å²) < 4.78 is 0. The van der Waals surface area contributed by atoms with E-state index >= 15 is 0 Å². The SMILES string of the molecule is CC1(C)CC2(CC(C)(C)c3ccc(-c4cccc(N5c6ccc7c(c6)C(C)(C6=CCCC(=C6)c6ccccc65)c5ccccc5-7)c4)cc32)c2ccccc21. The Hall–Kier alpha value is -5.40. The van der Waals surface area contributed by atoms with Crippen LogP contribution in [0.2, 0.25) is 0 Å². The van der Waals surface area contributed by atoms with Crippen molar-refractivity contribution in [3.63, 3.8) is 0 Å². The molecule has 1 nitrogen and oxygen atoms in total. The van der Waals surface area contributed by atoms with E-state index in [0.717, 1.165) is 25.7 Å². The molecule has 2 unspecified atom stereocenters. The minimum absolute atomic E-state index is 0.0287. The number of rotatable bonds is 2. The zero-order valence-electron chi connectivity index (χ0n) is 32.1. The lowest BCUT2D eigenvalue weighted by molar-refractivity contribution is 0.349. The monoisotopic (exact) mass is 697 g/mol. The summed E-state index contributed by atoms with van der Waals surface area (Å²) in [5.41, 5.74) is 22.0. The van der Waals surface area contributed by atoms with Gasteiger partial charge in [0.05, 0.1) is 5.69 Å². The fourth-order valence-electron chi connectivity index (χ4n) is 11.9. The van der Waals surface area contributed by atoms with Gasteiger partial charge in [-0.15, -0.1) is 0 Å². The molecule has 0 saturated heterocycles. The summed E-state index contributed by atoms with van der Waals surface area (Å²) in [6.45, 7) is 12.3. The molecule has 0 N–H and O–H groups in total. The first-order valence-corrected chi connectivity index (χ1v) is 20.0. The van der Waals surface area contributed by atoms with E-state index in [1.165, 1.54) is 89.4 Å². The lowest BCUT2D eigenvalue weighted by Crippen LogP contribution is -2.26. The number of fused-ring (bicyclic) bond motifs is 12. The molecule has 0 saturated carbocycles. The first-order chi connectivity index (χ1) is 26.1. The minimum atomic E-state index is -0.213. The highest BCUT2D eigenvalue weighted by molar-refractivity contribution is 5.93. The second-order valence-electron chi connectivity index (χ2n) is 18.2. The van der Waals surface area contributed by atoms with Gasteiger partial charge in [-0.05, 0) is 147 Å².